The molecule has 2 N–H and O–H groups in total. The zero-order valence-electron chi connectivity index (χ0n) is 13.4. The summed E-state index contributed by atoms with van der Waals surface area (Å²) in [5, 5.41) is 13.8. The van der Waals surface area contributed by atoms with Crippen LogP contribution in [0.2, 0.25) is 0 Å². The number of carbonyl (C=O) groups excluding carboxylic acids is 1. The average molecular weight is 316 g/mol. The molecular weight excluding hydrogens is 296 g/mol. The molecule has 0 fully saturated rings. The van der Waals surface area contributed by atoms with Crippen LogP contribution in [0.1, 0.15) is 23.8 Å². The van der Waals surface area contributed by atoms with Crippen molar-refractivity contribution in [2.45, 2.75) is 13.3 Å². The quantitative estimate of drug-likeness (QED) is 0.816. The highest BCUT2D eigenvalue weighted by atomic mass is 16.5. The second-order valence-electron chi connectivity index (χ2n) is 4.75. The summed E-state index contributed by atoms with van der Waals surface area (Å²) >= 11 is 0. The standard InChI is InChI=1S/C16H20N4O3/c1-4-9-17-15-8-7-13(19-20-15)16(21)18-12-6-5-11(22-2)10-14(12)23-3/h5-8,10H,4,9H2,1-3H3,(H,17,20)(H,18,21). The maximum absolute atomic E-state index is 12.2. The van der Waals surface area contributed by atoms with Crippen molar-refractivity contribution in [1.82, 2.24) is 10.2 Å². The summed E-state index contributed by atoms with van der Waals surface area (Å²) in [6.07, 6.45) is 0.987. The first-order valence-electron chi connectivity index (χ1n) is 7.29. The summed E-state index contributed by atoms with van der Waals surface area (Å²) in [5.74, 6) is 1.44. The largest absolute Gasteiger partial charge is 0.497 e. The van der Waals surface area contributed by atoms with Crippen molar-refractivity contribution in [2.24, 2.45) is 0 Å². The number of rotatable bonds is 7. The molecular formula is C16H20N4O3. The van der Waals surface area contributed by atoms with Crippen LogP contribution in [0, 0.1) is 0 Å². The van der Waals surface area contributed by atoms with Gasteiger partial charge in [-0.05, 0) is 30.7 Å². The van der Waals surface area contributed by atoms with Gasteiger partial charge in [-0.15, -0.1) is 10.2 Å². The van der Waals surface area contributed by atoms with E-state index in [9.17, 15) is 4.79 Å². The van der Waals surface area contributed by atoms with Gasteiger partial charge in [0, 0.05) is 12.6 Å². The number of methoxy groups -OCH3 is 2. The van der Waals surface area contributed by atoms with Crippen molar-refractivity contribution in [3.63, 3.8) is 0 Å². The molecule has 1 heterocycles. The van der Waals surface area contributed by atoms with Crippen molar-refractivity contribution in [3.05, 3.63) is 36.0 Å². The van der Waals surface area contributed by atoms with E-state index in [1.807, 2.05) is 0 Å². The predicted molar refractivity (Wildman–Crippen MR) is 88.3 cm³/mol. The van der Waals surface area contributed by atoms with Gasteiger partial charge in [0.2, 0.25) is 0 Å². The van der Waals surface area contributed by atoms with E-state index >= 15 is 0 Å². The Hall–Kier alpha value is -2.83. The van der Waals surface area contributed by atoms with Crippen molar-refractivity contribution in [2.75, 3.05) is 31.4 Å². The summed E-state index contributed by atoms with van der Waals surface area (Å²) in [4.78, 5) is 12.2. The Bertz CT molecular complexity index is 659. The highest BCUT2D eigenvalue weighted by molar-refractivity contribution is 6.03. The second-order valence-corrected chi connectivity index (χ2v) is 4.75. The Balaban J connectivity index is 2.09. The minimum absolute atomic E-state index is 0.227. The number of hydrogen-bond acceptors (Lipinski definition) is 6. The Labute approximate surface area is 135 Å². The molecule has 7 heteroatoms. The van der Waals surface area contributed by atoms with E-state index in [1.165, 1.54) is 7.11 Å². The minimum Gasteiger partial charge on any atom is -0.497 e. The zero-order chi connectivity index (χ0) is 16.7. The van der Waals surface area contributed by atoms with Crippen LogP contribution < -0.4 is 20.1 Å². The number of nitrogens with zero attached hydrogens (tertiary/aromatic N) is 2. The van der Waals surface area contributed by atoms with Gasteiger partial charge in [0.05, 0.1) is 19.9 Å². The molecule has 0 saturated carbocycles. The monoisotopic (exact) mass is 316 g/mol. The molecule has 1 aromatic heterocycles. The van der Waals surface area contributed by atoms with E-state index in [-0.39, 0.29) is 11.6 Å². The fourth-order valence-electron chi connectivity index (χ4n) is 1.89. The molecule has 1 aromatic carbocycles. The van der Waals surface area contributed by atoms with Gasteiger partial charge in [0.15, 0.2) is 5.69 Å². The van der Waals surface area contributed by atoms with E-state index in [1.54, 1.807) is 37.4 Å². The smallest absolute Gasteiger partial charge is 0.276 e. The van der Waals surface area contributed by atoms with Gasteiger partial charge >= 0.3 is 0 Å². The first-order chi connectivity index (χ1) is 11.2. The normalized spacial score (nSPS) is 10.0. The van der Waals surface area contributed by atoms with E-state index in [4.69, 9.17) is 9.47 Å². The maximum atomic E-state index is 12.2. The fourth-order valence-corrected chi connectivity index (χ4v) is 1.89. The summed E-state index contributed by atoms with van der Waals surface area (Å²) in [7, 11) is 3.09. The molecule has 122 valence electrons. The molecule has 1 amide bonds. The van der Waals surface area contributed by atoms with Gasteiger partial charge in [0.25, 0.3) is 5.91 Å². The van der Waals surface area contributed by atoms with Crippen LogP contribution in [-0.4, -0.2) is 36.9 Å². The van der Waals surface area contributed by atoms with Crippen molar-refractivity contribution < 1.29 is 14.3 Å². The average Bonchev–Trinajstić information content (AvgIpc) is 2.60. The van der Waals surface area contributed by atoms with E-state index < -0.39 is 0 Å². The Kier molecular flexibility index (Phi) is 5.74. The topological polar surface area (TPSA) is 85.4 Å². The first kappa shape index (κ1) is 16.5. The third kappa shape index (κ3) is 4.32. The molecule has 0 bridgehead atoms. The third-order valence-electron chi connectivity index (χ3n) is 3.11. The van der Waals surface area contributed by atoms with Crippen LogP contribution in [0.25, 0.3) is 0 Å². The molecule has 0 aliphatic rings. The number of amides is 1. The molecule has 0 aliphatic heterocycles. The van der Waals surface area contributed by atoms with Crippen LogP contribution in [0.5, 0.6) is 11.5 Å². The highest BCUT2D eigenvalue weighted by Gasteiger charge is 2.12. The molecule has 0 radical (unpaired) electrons. The van der Waals surface area contributed by atoms with Crippen LogP contribution in [0.3, 0.4) is 0 Å². The number of aromatic nitrogens is 2. The lowest BCUT2D eigenvalue weighted by Crippen LogP contribution is -2.15. The molecule has 2 rings (SSSR count). The van der Waals surface area contributed by atoms with Gasteiger partial charge in [0.1, 0.15) is 17.3 Å². The van der Waals surface area contributed by atoms with Crippen molar-refractivity contribution >= 4 is 17.4 Å². The third-order valence-corrected chi connectivity index (χ3v) is 3.11. The van der Waals surface area contributed by atoms with Gasteiger partial charge in [-0.25, -0.2) is 0 Å². The summed E-state index contributed by atoms with van der Waals surface area (Å²) in [6.45, 7) is 2.87. The summed E-state index contributed by atoms with van der Waals surface area (Å²) in [6, 6.07) is 8.49. The van der Waals surface area contributed by atoms with Crippen LogP contribution in [0.15, 0.2) is 30.3 Å². The molecule has 0 unspecified atom stereocenters. The fraction of sp³-hybridized carbons (Fsp3) is 0.312. The Morgan fingerprint density at radius 3 is 2.57 bits per heavy atom. The van der Waals surface area contributed by atoms with Crippen LogP contribution >= 0.6 is 0 Å². The number of anilines is 2. The summed E-state index contributed by atoms with van der Waals surface area (Å²) < 4.78 is 10.4. The van der Waals surface area contributed by atoms with Crippen molar-refractivity contribution in [3.8, 4) is 11.5 Å². The number of ether oxygens (including phenoxy) is 2. The number of benzene rings is 1. The van der Waals surface area contributed by atoms with Crippen molar-refractivity contribution in [1.29, 1.82) is 0 Å². The lowest BCUT2D eigenvalue weighted by Gasteiger charge is -2.11. The molecule has 7 nitrogen and oxygen atoms in total. The van der Waals surface area contributed by atoms with Gasteiger partial charge in [-0.2, -0.15) is 0 Å². The SMILES string of the molecule is CCCNc1ccc(C(=O)Nc2ccc(OC)cc2OC)nn1. The number of hydrogen-bond donors (Lipinski definition) is 2. The lowest BCUT2D eigenvalue weighted by molar-refractivity contribution is 0.102. The molecule has 23 heavy (non-hydrogen) atoms. The Morgan fingerprint density at radius 2 is 1.96 bits per heavy atom. The van der Waals surface area contributed by atoms with Crippen LogP contribution in [0.4, 0.5) is 11.5 Å². The van der Waals surface area contributed by atoms with E-state index in [0.717, 1.165) is 13.0 Å². The maximum Gasteiger partial charge on any atom is 0.276 e. The molecule has 0 aliphatic carbocycles. The summed E-state index contributed by atoms with van der Waals surface area (Å²) in [5.41, 5.74) is 0.762. The van der Waals surface area contributed by atoms with Gasteiger partial charge in [-0.1, -0.05) is 6.92 Å². The zero-order valence-corrected chi connectivity index (χ0v) is 13.4. The van der Waals surface area contributed by atoms with Gasteiger partial charge in [-0.3, -0.25) is 4.79 Å². The molecule has 2 aromatic rings. The predicted octanol–water partition coefficient (Wildman–Crippen LogP) is 2.57. The second kappa shape index (κ2) is 7.98. The highest BCUT2D eigenvalue weighted by Crippen LogP contribution is 2.29. The number of nitrogens with one attached hydrogen (secondary N) is 2. The number of carbonyl (C=O) groups is 1. The molecule has 0 saturated heterocycles. The van der Waals surface area contributed by atoms with Crippen LogP contribution in [-0.2, 0) is 0 Å². The minimum atomic E-state index is -0.358. The first-order valence-corrected chi connectivity index (χ1v) is 7.29. The van der Waals surface area contributed by atoms with E-state index in [2.05, 4.69) is 27.8 Å². The molecule has 0 spiro atoms. The van der Waals surface area contributed by atoms with Gasteiger partial charge < -0.3 is 20.1 Å². The lowest BCUT2D eigenvalue weighted by atomic mass is 10.2. The molecule has 0 atom stereocenters. The Morgan fingerprint density at radius 1 is 1.13 bits per heavy atom. The van der Waals surface area contributed by atoms with E-state index in [0.29, 0.717) is 23.0 Å².